The smallest absolute Gasteiger partial charge is 0.330 e. The van der Waals surface area contributed by atoms with E-state index in [-0.39, 0.29) is 12.3 Å². The second-order valence-corrected chi connectivity index (χ2v) is 4.93. The summed E-state index contributed by atoms with van der Waals surface area (Å²) in [6.45, 7) is 0. The number of halogens is 1. The van der Waals surface area contributed by atoms with Crippen LogP contribution in [-0.4, -0.2) is 17.0 Å². The molecule has 0 saturated heterocycles. The van der Waals surface area contributed by atoms with Gasteiger partial charge in [-0.2, -0.15) is 0 Å². The summed E-state index contributed by atoms with van der Waals surface area (Å²) < 4.78 is 0. The molecule has 0 aliphatic rings. The van der Waals surface area contributed by atoms with E-state index in [1.807, 2.05) is 30.3 Å². The number of carboxylic acid groups (broad SMARTS) is 1. The molecule has 2 N–H and O–H groups in total. The number of carbonyl (C=O) groups is 2. The van der Waals surface area contributed by atoms with Crippen molar-refractivity contribution in [3.05, 3.63) is 70.7 Å². The van der Waals surface area contributed by atoms with Crippen LogP contribution in [0.5, 0.6) is 0 Å². The Labute approximate surface area is 127 Å². The van der Waals surface area contributed by atoms with Crippen LogP contribution in [0.3, 0.4) is 0 Å². The van der Waals surface area contributed by atoms with Crippen molar-refractivity contribution >= 4 is 23.5 Å². The van der Waals surface area contributed by atoms with Crippen molar-refractivity contribution in [2.24, 2.45) is 0 Å². The van der Waals surface area contributed by atoms with Crippen molar-refractivity contribution in [2.45, 2.75) is 12.5 Å². The molecule has 0 radical (unpaired) electrons. The van der Waals surface area contributed by atoms with Crippen molar-refractivity contribution in [1.29, 1.82) is 0 Å². The van der Waals surface area contributed by atoms with Gasteiger partial charge in [-0.25, -0.2) is 4.79 Å². The molecule has 0 heterocycles. The first kappa shape index (κ1) is 15.1. The molecular formula is C16H14ClNO3. The average Bonchev–Trinajstić information content (AvgIpc) is 2.46. The number of hydrogen-bond donors (Lipinski definition) is 2. The molecule has 0 aliphatic heterocycles. The van der Waals surface area contributed by atoms with Crippen LogP contribution in [0.25, 0.3) is 0 Å². The molecule has 1 amide bonds. The SMILES string of the molecule is O=C(Cc1ccccc1)N[C@@H](C(=O)O)c1ccccc1Cl. The maximum absolute atomic E-state index is 12.0. The average molecular weight is 304 g/mol. The van der Waals surface area contributed by atoms with E-state index in [4.69, 9.17) is 11.6 Å². The summed E-state index contributed by atoms with van der Waals surface area (Å²) in [5.74, 6) is -1.52. The van der Waals surface area contributed by atoms with Gasteiger partial charge in [0.2, 0.25) is 5.91 Å². The largest absolute Gasteiger partial charge is 0.479 e. The van der Waals surface area contributed by atoms with Crippen LogP contribution in [0.15, 0.2) is 54.6 Å². The molecule has 0 aromatic heterocycles. The fourth-order valence-corrected chi connectivity index (χ4v) is 2.22. The zero-order valence-electron chi connectivity index (χ0n) is 11.1. The lowest BCUT2D eigenvalue weighted by Gasteiger charge is -2.16. The molecule has 5 heteroatoms. The summed E-state index contributed by atoms with van der Waals surface area (Å²) in [7, 11) is 0. The van der Waals surface area contributed by atoms with Crippen LogP contribution in [0, 0.1) is 0 Å². The zero-order valence-corrected chi connectivity index (χ0v) is 11.9. The van der Waals surface area contributed by atoms with E-state index in [1.54, 1.807) is 24.3 Å². The molecule has 108 valence electrons. The van der Waals surface area contributed by atoms with Crippen molar-refractivity contribution < 1.29 is 14.7 Å². The Kier molecular flexibility index (Phi) is 4.95. The van der Waals surface area contributed by atoms with E-state index in [0.29, 0.717) is 10.6 Å². The van der Waals surface area contributed by atoms with Gasteiger partial charge in [0, 0.05) is 10.6 Å². The lowest BCUT2D eigenvalue weighted by molar-refractivity contribution is -0.141. The molecule has 0 aliphatic carbocycles. The fraction of sp³-hybridized carbons (Fsp3) is 0.125. The summed E-state index contributed by atoms with van der Waals surface area (Å²) in [5, 5.41) is 12.1. The predicted molar refractivity (Wildman–Crippen MR) is 80.1 cm³/mol. The summed E-state index contributed by atoms with van der Waals surface area (Å²) in [4.78, 5) is 23.4. The minimum absolute atomic E-state index is 0.120. The van der Waals surface area contributed by atoms with E-state index in [0.717, 1.165) is 5.56 Å². The molecular weight excluding hydrogens is 290 g/mol. The molecule has 1 atom stereocenters. The molecule has 4 nitrogen and oxygen atoms in total. The highest BCUT2D eigenvalue weighted by molar-refractivity contribution is 6.31. The van der Waals surface area contributed by atoms with Crippen LogP contribution < -0.4 is 5.32 Å². The van der Waals surface area contributed by atoms with E-state index in [1.165, 1.54) is 0 Å². The van der Waals surface area contributed by atoms with Crippen molar-refractivity contribution in [1.82, 2.24) is 5.32 Å². The van der Waals surface area contributed by atoms with Crippen molar-refractivity contribution in [3.63, 3.8) is 0 Å². The van der Waals surface area contributed by atoms with Gasteiger partial charge in [0.1, 0.15) is 0 Å². The second-order valence-electron chi connectivity index (χ2n) is 4.52. The van der Waals surface area contributed by atoms with Crippen LogP contribution in [0.2, 0.25) is 5.02 Å². The number of nitrogens with one attached hydrogen (secondary N) is 1. The minimum Gasteiger partial charge on any atom is -0.479 e. The van der Waals surface area contributed by atoms with Gasteiger partial charge in [0.15, 0.2) is 6.04 Å². The Morgan fingerprint density at radius 3 is 2.29 bits per heavy atom. The highest BCUT2D eigenvalue weighted by Gasteiger charge is 2.23. The minimum atomic E-state index is -1.16. The Bertz CT molecular complexity index is 643. The number of amides is 1. The Morgan fingerprint density at radius 1 is 1.05 bits per heavy atom. The molecule has 0 bridgehead atoms. The quantitative estimate of drug-likeness (QED) is 0.892. The van der Waals surface area contributed by atoms with Gasteiger partial charge >= 0.3 is 5.97 Å². The van der Waals surface area contributed by atoms with E-state index >= 15 is 0 Å². The van der Waals surface area contributed by atoms with Gasteiger partial charge in [-0.3, -0.25) is 4.79 Å². The molecule has 0 unspecified atom stereocenters. The molecule has 0 saturated carbocycles. The number of carbonyl (C=O) groups excluding carboxylic acids is 1. The lowest BCUT2D eigenvalue weighted by atomic mass is 10.1. The zero-order chi connectivity index (χ0) is 15.2. The second kappa shape index (κ2) is 6.90. The summed E-state index contributed by atoms with van der Waals surface area (Å²) in [6.07, 6.45) is 0.120. The number of benzene rings is 2. The first-order valence-electron chi connectivity index (χ1n) is 6.38. The molecule has 2 rings (SSSR count). The first-order chi connectivity index (χ1) is 10.1. The van der Waals surface area contributed by atoms with E-state index in [2.05, 4.69) is 5.32 Å². The van der Waals surface area contributed by atoms with Crippen LogP contribution in [0.4, 0.5) is 0 Å². The number of aliphatic carboxylic acids is 1. The van der Waals surface area contributed by atoms with Gasteiger partial charge < -0.3 is 10.4 Å². The Hall–Kier alpha value is -2.33. The monoisotopic (exact) mass is 303 g/mol. The number of hydrogen-bond acceptors (Lipinski definition) is 2. The fourth-order valence-electron chi connectivity index (χ4n) is 1.97. The van der Waals surface area contributed by atoms with Crippen LogP contribution in [0.1, 0.15) is 17.2 Å². The standard InChI is InChI=1S/C16H14ClNO3/c17-13-9-5-4-8-12(13)15(16(20)21)18-14(19)10-11-6-2-1-3-7-11/h1-9,15H,10H2,(H,18,19)(H,20,21)/t15-/m1/s1. The van der Waals surface area contributed by atoms with Gasteiger partial charge in [-0.15, -0.1) is 0 Å². The summed E-state index contributed by atoms with van der Waals surface area (Å²) in [5.41, 5.74) is 1.19. The predicted octanol–water partition coefficient (Wildman–Crippen LogP) is 2.82. The molecule has 2 aromatic rings. The normalized spacial score (nSPS) is 11.7. The summed E-state index contributed by atoms with van der Waals surface area (Å²) in [6, 6.07) is 14.5. The Balaban J connectivity index is 2.12. The topological polar surface area (TPSA) is 66.4 Å². The molecule has 0 fully saturated rings. The lowest BCUT2D eigenvalue weighted by Crippen LogP contribution is -2.34. The molecule has 0 spiro atoms. The van der Waals surface area contributed by atoms with Gasteiger partial charge in [-0.1, -0.05) is 60.1 Å². The third-order valence-corrected chi connectivity index (χ3v) is 3.32. The maximum Gasteiger partial charge on any atom is 0.330 e. The first-order valence-corrected chi connectivity index (χ1v) is 6.76. The third kappa shape index (κ3) is 4.07. The summed E-state index contributed by atoms with van der Waals surface area (Å²) >= 11 is 5.99. The van der Waals surface area contributed by atoms with Gasteiger partial charge in [0.25, 0.3) is 0 Å². The van der Waals surface area contributed by atoms with Gasteiger partial charge in [-0.05, 0) is 11.6 Å². The van der Waals surface area contributed by atoms with Crippen molar-refractivity contribution in [3.8, 4) is 0 Å². The third-order valence-electron chi connectivity index (χ3n) is 2.98. The van der Waals surface area contributed by atoms with E-state index in [9.17, 15) is 14.7 Å². The van der Waals surface area contributed by atoms with Crippen LogP contribution >= 0.6 is 11.6 Å². The van der Waals surface area contributed by atoms with E-state index < -0.39 is 12.0 Å². The van der Waals surface area contributed by atoms with Crippen LogP contribution in [-0.2, 0) is 16.0 Å². The highest BCUT2D eigenvalue weighted by atomic mass is 35.5. The van der Waals surface area contributed by atoms with Gasteiger partial charge in [0.05, 0.1) is 6.42 Å². The molecule has 21 heavy (non-hydrogen) atoms. The number of rotatable bonds is 5. The maximum atomic E-state index is 12.0. The number of carboxylic acids is 1. The Morgan fingerprint density at radius 2 is 1.67 bits per heavy atom. The van der Waals surface area contributed by atoms with Crippen molar-refractivity contribution in [2.75, 3.05) is 0 Å². The highest BCUT2D eigenvalue weighted by Crippen LogP contribution is 2.23. The molecule has 2 aromatic carbocycles.